The molecule has 6 nitrogen and oxygen atoms in total. The number of para-hydroxylation sites is 1. The highest BCUT2D eigenvalue weighted by molar-refractivity contribution is 6.39. The van der Waals surface area contributed by atoms with Crippen LogP contribution in [0.1, 0.15) is 57.6 Å². The fourth-order valence-electron chi connectivity index (χ4n) is 3.23. The van der Waals surface area contributed by atoms with E-state index in [1.54, 1.807) is 4.90 Å². The molecule has 2 rings (SSSR count). The van der Waals surface area contributed by atoms with E-state index in [1.165, 1.54) is 11.8 Å². The van der Waals surface area contributed by atoms with Crippen molar-refractivity contribution >= 4 is 23.4 Å². The summed E-state index contributed by atoms with van der Waals surface area (Å²) in [5.74, 6) is -0.692. The fraction of sp³-hybridized carbons (Fsp3) is 0.550. The first-order valence-electron chi connectivity index (χ1n) is 9.21. The van der Waals surface area contributed by atoms with Crippen LogP contribution in [0.25, 0.3) is 0 Å². The van der Waals surface area contributed by atoms with Gasteiger partial charge in [0, 0.05) is 38.8 Å². The van der Waals surface area contributed by atoms with Crippen LogP contribution in [0.15, 0.2) is 18.2 Å². The normalized spacial score (nSPS) is 14.7. The lowest BCUT2D eigenvalue weighted by Gasteiger charge is -2.33. The Morgan fingerprint density at radius 3 is 1.77 bits per heavy atom. The zero-order valence-electron chi connectivity index (χ0n) is 16.3. The Kier molecular flexibility index (Phi) is 6.40. The van der Waals surface area contributed by atoms with Crippen LogP contribution in [-0.4, -0.2) is 53.7 Å². The van der Waals surface area contributed by atoms with Gasteiger partial charge in [0.15, 0.2) is 0 Å². The molecule has 1 N–H and O–H groups in total. The van der Waals surface area contributed by atoms with Gasteiger partial charge in [-0.15, -0.1) is 0 Å². The summed E-state index contributed by atoms with van der Waals surface area (Å²) in [5.41, 5.74) is 2.80. The standard InChI is InChI=1S/C20H29N3O3/c1-13(2)16-7-6-8-17(14(3)4)18(16)21-19(25)20(26)23-11-9-22(10-12-23)15(5)24/h6-8,13-14H,9-12H2,1-5H3,(H,21,25). The number of piperazine rings is 1. The summed E-state index contributed by atoms with van der Waals surface area (Å²) in [6.45, 7) is 11.5. The minimum Gasteiger partial charge on any atom is -0.339 e. The lowest BCUT2D eigenvalue weighted by atomic mass is 9.92. The number of hydrogen-bond donors (Lipinski definition) is 1. The highest BCUT2D eigenvalue weighted by Gasteiger charge is 2.28. The van der Waals surface area contributed by atoms with Crippen molar-refractivity contribution in [3.05, 3.63) is 29.3 Å². The molecular formula is C20H29N3O3. The second-order valence-corrected chi connectivity index (χ2v) is 7.37. The molecule has 26 heavy (non-hydrogen) atoms. The highest BCUT2D eigenvalue weighted by Crippen LogP contribution is 2.32. The van der Waals surface area contributed by atoms with Crippen LogP contribution in [0.4, 0.5) is 5.69 Å². The number of hydrogen-bond acceptors (Lipinski definition) is 3. The number of benzene rings is 1. The number of nitrogens with one attached hydrogen (secondary N) is 1. The molecule has 0 aliphatic carbocycles. The first-order chi connectivity index (χ1) is 12.2. The van der Waals surface area contributed by atoms with Crippen LogP contribution in [0.5, 0.6) is 0 Å². The van der Waals surface area contributed by atoms with Crippen molar-refractivity contribution in [1.29, 1.82) is 0 Å². The molecule has 0 unspecified atom stereocenters. The number of rotatable bonds is 3. The fourth-order valence-corrected chi connectivity index (χ4v) is 3.23. The molecule has 0 atom stereocenters. The van der Waals surface area contributed by atoms with Gasteiger partial charge in [-0.3, -0.25) is 14.4 Å². The Labute approximate surface area is 155 Å². The van der Waals surface area contributed by atoms with Crippen LogP contribution < -0.4 is 5.32 Å². The summed E-state index contributed by atoms with van der Waals surface area (Å²) < 4.78 is 0. The minimum absolute atomic E-state index is 0.00557. The van der Waals surface area contributed by atoms with Crippen LogP contribution >= 0.6 is 0 Å². The van der Waals surface area contributed by atoms with E-state index in [1.807, 2.05) is 18.2 Å². The lowest BCUT2D eigenvalue weighted by molar-refractivity contribution is -0.145. The number of nitrogens with zero attached hydrogens (tertiary/aromatic N) is 2. The van der Waals surface area contributed by atoms with E-state index < -0.39 is 11.8 Å². The van der Waals surface area contributed by atoms with Crippen molar-refractivity contribution in [3.63, 3.8) is 0 Å². The molecule has 1 heterocycles. The van der Waals surface area contributed by atoms with Crippen molar-refractivity contribution in [2.45, 2.75) is 46.5 Å². The van der Waals surface area contributed by atoms with Crippen molar-refractivity contribution < 1.29 is 14.4 Å². The third kappa shape index (κ3) is 4.42. The van der Waals surface area contributed by atoms with Crippen LogP contribution in [-0.2, 0) is 14.4 Å². The van der Waals surface area contributed by atoms with E-state index in [4.69, 9.17) is 0 Å². The van der Waals surface area contributed by atoms with Gasteiger partial charge < -0.3 is 15.1 Å². The van der Waals surface area contributed by atoms with E-state index in [0.29, 0.717) is 26.2 Å². The van der Waals surface area contributed by atoms with Gasteiger partial charge in [-0.05, 0) is 23.0 Å². The molecule has 1 aliphatic rings. The van der Waals surface area contributed by atoms with Crippen molar-refractivity contribution in [1.82, 2.24) is 9.80 Å². The first-order valence-corrected chi connectivity index (χ1v) is 9.21. The molecule has 0 bridgehead atoms. The molecule has 1 aromatic carbocycles. The van der Waals surface area contributed by atoms with Gasteiger partial charge in [-0.1, -0.05) is 45.9 Å². The molecule has 1 fully saturated rings. The lowest BCUT2D eigenvalue weighted by Crippen LogP contribution is -2.52. The van der Waals surface area contributed by atoms with Gasteiger partial charge in [0.1, 0.15) is 0 Å². The average Bonchev–Trinajstić information content (AvgIpc) is 2.60. The van der Waals surface area contributed by atoms with Crippen molar-refractivity contribution in [3.8, 4) is 0 Å². The molecule has 6 heteroatoms. The summed E-state index contributed by atoms with van der Waals surface area (Å²) in [4.78, 5) is 39.7. The summed E-state index contributed by atoms with van der Waals surface area (Å²) in [6, 6.07) is 5.97. The number of carbonyl (C=O) groups excluding carboxylic acids is 3. The third-order valence-electron chi connectivity index (χ3n) is 4.82. The summed E-state index contributed by atoms with van der Waals surface area (Å²) >= 11 is 0. The minimum atomic E-state index is -0.615. The summed E-state index contributed by atoms with van der Waals surface area (Å²) in [7, 11) is 0. The average molecular weight is 359 g/mol. The van der Waals surface area contributed by atoms with E-state index in [0.717, 1.165) is 16.8 Å². The number of anilines is 1. The van der Waals surface area contributed by atoms with Gasteiger partial charge >= 0.3 is 11.8 Å². The summed E-state index contributed by atoms with van der Waals surface area (Å²) in [6.07, 6.45) is 0. The quantitative estimate of drug-likeness (QED) is 0.843. The Hall–Kier alpha value is -2.37. The third-order valence-corrected chi connectivity index (χ3v) is 4.82. The Bertz CT molecular complexity index is 663. The molecule has 0 aromatic heterocycles. The zero-order valence-corrected chi connectivity index (χ0v) is 16.3. The predicted octanol–water partition coefficient (Wildman–Crippen LogP) is 2.56. The Morgan fingerprint density at radius 2 is 1.35 bits per heavy atom. The van der Waals surface area contributed by atoms with Gasteiger partial charge in [-0.2, -0.15) is 0 Å². The maximum Gasteiger partial charge on any atom is 0.313 e. The van der Waals surface area contributed by atoms with Crippen molar-refractivity contribution in [2.75, 3.05) is 31.5 Å². The molecule has 0 saturated carbocycles. The van der Waals surface area contributed by atoms with Crippen LogP contribution in [0.3, 0.4) is 0 Å². The van der Waals surface area contributed by atoms with E-state index >= 15 is 0 Å². The van der Waals surface area contributed by atoms with Gasteiger partial charge in [0.05, 0.1) is 0 Å². The van der Waals surface area contributed by atoms with E-state index in [9.17, 15) is 14.4 Å². The van der Waals surface area contributed by atoms with E-state index in [2.05, 4.69) is 33.0 Å². The largest absolute Gasteiger partial charge is 0.339 e. The molecular weight excluding hydrogens is 330 g/mol. The predicted molar refractivity (Wildman–Crippen MR) is 102 cm³/mol. The molecule has 1 aliphatic heterocycles. The monoisotopic (exact) mass is 359 g/mol. The maximum atomic E-state index is 12.6. The Morgan fingerprint density at radius 1 is 0.885 bits per heavy atom. The highest BCUT2D eigenvalue weighted by atomic mass is 16.2. The maximum absolute atomic E-state index is 12.6. The molecule has 1 aromatic rings. The molecule has 1 saturated heterocycles. The van der Waals surface area contributed by atoms with Crippen LogP contribution in [0.2, 0.25) is 0 Å². The van der Waals surface area contributed by atoms with E-state index in [-0.39, 0.29) is 17.7 Å². The zero-order chi connectivity index (χ0) is 19.4. The number of carbonyl (C=O) groups is 3. The Balaban J connectivity index is 2.15. The van der Waals surface area contributed by atoms with Crippen molar-refractivity contribution in [2.24, 2.45) is 0 Å². The van der Waals surface area contributed by atoms with Gasteiger partial charge in [0.25, 0.3) is 0 Å². The molecule has 0 spiro atoms. The smallest absolute Gasteiger partial charge is 0.313 e. The second-order valence-electron chi connectivity index (χ2n) is 7.37. The topological polar surface area (TPSA) is 69.7 Å². The molecule has 0 radical (unpaired) electrons. The first kappa shape index (κ1) is 19.9. The van der Waals surface area contributed by atoms with Gasteiger partial charge in [-0.25, -0.2) is 0 Å². The SMILES string of the molecule is CC(=O)N1CCN(C(=O)C(=O)Nc2c(C(C)C)cccc2C(C)C)CC1. The van der Waals surface area contributed by atoms with Gasteiger partial charge in [0.2, 0.25) is 5.91 Å². The second kappa shape index (κ2) is 8.34. The summed E-state index contributed by atoms with van der Waals surface area (Å²) in [5, 5.41) is 2.86. The molecule has 142 valence electrons. The molecule has 3 amide bonds. The number of amides is 3. The van der Waals surface area contributed by atoms with Crippen LogP contribution in [0, 0.1) is 0 Å².